The maximum absolute atomic E-state index is 11.4. The lowest BCUT2D eigenvalue weighted by Gasteiger charge is -2.18. The van der Waals surface area contributed by atoms with E-state index in [1.54, 1.807) is 20.8 Å². The summed E-state index contributed by atoms with van der Waals surface area (Å²) in [7, 11) is 0. The quantitative estimate of drug-likeness (QED) is 0.408. The second-order valence-electron chi connectivity index (χ2n) is 5.71. The van der Waals surface area contributed by atoms with Crippen LogP contribution in [-0.4, -0.2) is 18.5 Å². The molecule has 0 radical (unpaired) electrons. The van der Waals surface area contributed by atoms with Crippen molar-refractivity contribution >= 4 is 6.16 Å². The minimum atomic E-state index is -0.732. The first-order chi connectivity index (χ1) is 10.9. The molecule has 0 aliphatic heterocycles. The molecule has 0 N–H and O–H groups in total. The third-order valence-electron chi connectivity index (χ3n) is 2.56. The van der Waals surface area contributed by atoms with Gasteiger partial charge in [-0.05, 0) is 57.2 Å². The van der Waals surface area contributed by atoms with Gasteiger partial charge in [0.05, 0.1) is 0 Å². The van der Waals surface area contributed by atoms with Crippen molar-refractivity contribution in [3.8, 4) is 5.75 Å². The maximum atomic E-state index is 11.4. The Bertz CT molecular complexity index is 618. The Morgan fingerprint density at radius 1 is 0.957 bits per heavy atom. The molecule has 2 aromatic carbocycles. The molecule has 0 bridgehead atoms. The van der Waals surface area contributed by atoms with Crippen molar-refractivity contribution < 1.29 is 40.2 Å². The number of hydrogen-bond donors (Lipinski definition) is 0. The molecule has 122 valence electrons. The lowest BCUT2D eigenvalue weighted by molar-refractivity contribution is -0.597. The highest BCUT2D eigenvalue weighted by atomic mass is 127. The van der Waals surface area contributed by atoms with Gasteiger partial charge in [-0.3, -0.25) is 0 Å². The second kappa shape index (κ2) is 8.19. The van der Waals surface area contributed by atoms with Gasteiger partial charge in [-0.2, -0.15) is 0 Å². The molecule has 0 atom stereocenters. The van der Waals surface area contributed by atoms with Crippen LogP contribution in [0.5, 0.6) is 5.75 Å². The van der Waals surface area contributed by atoms with Crippen LogP contribution in [0.25, 0.3) is 0 Å². The predicted molar refractivity (Wildman–Crippen MR) is 83.1 cm³/mol. The normalized spacial score (nSPS) is 10.9. The van der Waals surface area contributed by atoms with Gasteiger partial charge in [-0.25, -0.2) is 4.79 Å². The van der Waals surface area contributed by atoms with Crippen LogP contribution >= 0.6 is 0 Å². The van der Waals surface area contributed by atoms with Crippen molar-refractivity contribution in [3.63, 3.8) is 0 Å². The van der Waals surface area contributed by atoms with Gasteiger partial charge in [0, 0.05) is 0 Å². The van der Waals surface area contributed by atoms with Crippen molar-refractivity contribution in [2.75, 3.05) is 6.79 Å². The lowest BCUT2D eigenvalue weighted by atomic mass is 10.2. The summed E-state index contributed by atoms with van der Waals surface area (Å²) in [6.45, 7) is 5.18. The van der Waals surface area contributed by atoms with Gasteiger partial charge in [0.15, 0.2) is 7.14 Å². The van der Waals surface area contributed by atoms with Crippen LogP contribution in [0.1, 0.15) is 20.8 Å². The fraction of sp³-hybridized carbons (Fsp3) is 0.278. The molecule has 4 nitrogen and oxygen atoms in total. The van der Waals surface area contributed by atoms with Crippen molar-refractivity contribution in [1.29, 1.82) is 0 Å². The Kier molecular flexibility index (Phi) is 6.27. The number of hydrogen-bond acceptors (Lipinski definition) is 4. The Hall–Kier alpha value is -1.76. The molecular formula is C18H20IO4+. The molecule has 5 heteroatoms. The van der Waals surface area contributed by atoms with Crippen molar-refractivity contribution in [2.45, 2.75) is 26.4 Å². The van der Waals surface area contributed by atoms with E-state index in [9.17, 15) is 4.79 Å². The molecule has 0 aliphatic carbocycles. The summed E-state index contributed by atoms with van der Waals surface area (Å²) in [4.78, 5) is 11.4. The fourth-order valence-corrected chi connectivity index (χ4v) is 3.84. The third kappa shape index (κ3) is 6.90. The Labute approximate surface area is 147 Å². The van der Waals surface area contributed by atoms with Gasteiger partial charge in [0.2, 0.25) is 6.79 Å². The van der Waals surface area contributed by atoms with Gasteiger partial charge in [-0.15, -0.1) is 0 Å². The molecule has 0 fully saturated rings. The largest absolute Gasteiger partial charge is 0.511 e. The minimum absolute atomic E-state index is 0.165. The van der Waals surface area contributed by atoms with Crippen LogP contribution in [0.3, 0.4) is 0 Å². The average molecular weight is 427 g/mol. The average Bonchev–Trinajstić information content (AvgIpc) is 2.48. The number of carbonyl (C=O) groups is 1. The summed E-state index contributed by atoms with van der Waals surface area (Å²) in [5.74, 6) is 0.661. The fourth-order valence-electron chi connectivity index (χ4n) is 1.62. The van der Waals surface area contributed by atoms with Crippen LogP contribution in [0.2, 0.25) is 0 Å². The summed E-state index contributed by atoms with van der Waals surface area (Å²) in [6, 6.07) is 18.3. The molecule has 23 heavy (non-hydrogen) atoms. The number of rotatable bonds is 5. The molecule has 2 rings (SSSR count). The molecule has 0 saturated heterocycles. The number of ether oxygens (including phenoxy) is 3. The first-order valence-electron chi connectivity index (χ1n) is 7.21. The van der Waals surface area contributed by atoms with Crippen LogP contribution in [0, 0.1) is 7.14 Å². The molecule has 0 amide bonds. The summed E-state index contributed by atoms with van der Waals surface area (Å²) >= 11 is -0.185. The predicted octanol–water partition coefficient (Wildman–Crippen LogP) is 1.10. The molecule has 0 aromatic heterocycles. The van der Waals surface area contributed by atoms with Crippen LogP contribution < -0.4 is 25.9 Å². The van der Waals surface area contributed by atoms with E-state index in [1.165, 1.54) is 7.14 Å². The van der Waals surface area contributed by atoms with Gasteiger partial charge >= 0.3 is 27.4 Å². The monoisotopic (exact) mass is 427 g/mol. The van der Waals surface area contributed by atoms with Crippen molar-refractivity contribution in [2.24, 2.45) is 0 Å². The van der Waals surface area contributed by atoms with Crippen LogP contribution in [0.15, 0.2) is 54.6 Å². The number of carbonyl (C=O) groups excluding carboxylic acids is 1. The lowest BCUT2D eigenvalue weighted by Crippen LogP contribution is -3.61. The molecular weight excluding hydrogens is 407 g/mol. The molecule has 2 aromatic rings. The zero-order valence-corrected chi connectivity index (χ0v) is 15.6. The van der Waals surface area contributed by atoms with Crippen molar-refractivity contribution in [3.05, 3.63) is 61.7 Å². The molecule has 0 aliphatic rings. The number of benzene rings is 2. The third-order valence-corrected chi connectivity index (χ3v) is 5.24. The van der Waals surface area contributed by atoms with Crippen LogP contribution in [-0.2, 0) is 9.47 Å². The smallest absolute Gasteiger partial charge is 0.457 e. The van der Waals surface area contributed by atoms with Gasteiger partial charge in [0.1, 0.15) is 11.4 Å². The second-order valence-corrected chi connectivity index (χ2v) is 8.75. The van der Waals surface area contributed by atoms with Gasteiger partial charge in [0.25, 0.3) is 0 Å². The maximum Gasteiger partial charge on any atom is 0.511 e. The highest BCUT2D eigenvalue weighted by Crippen LogP contribution is 2.10. The topological polar surface area (TPSA) is 44.8 Å². The van der Waals surface area contributed by atoms with E-state index in [4.69, 9.17) is 14.2 Å². The molecule has 0 saturated carbocycles. The van der Waals surface area contributed by atoms with E-state index in [1.807, 2.05) is 30.3 Å². The Morgan fingerprint density at radius 3 is 2.17 bits per heavy atom. The standard InChI is InChI=1S/C18H20IO4/c1-18(2,3)23-17(20)22-13-21-16-11-9-15(10-12-16)19-14-7-5-4-6-8-14/h4-12H,13H2,1-3H3/q+1. The van der Waals surface area contributed by atoms with E-state index in [-0.39, 0.29) is 28.0 Å². The van der Waals surface area contributed by atoms with E-state index in [2.05, 4.69) is 24.3 Å². The van der Waals surface area contributed by atoms with E-state index < -0.39 is 11.8 Å². The highest BCUT2D eigenvalue weighted by molar-refractivity contribution is 5.60. The van der Waals surface area contributed by atoms with Crippen LogP contribution in [0.4, 0.5) is 4.79 Å². The summed E-state index contributed by atoms with van der Waals surface area (Å²) in [6.07, 6.45) is -0.732. The zero-order chi connectivity index (χ0) is 16.7. The van der Waals surface area contributed by atoms with E-state index in [0.29, 0.717) is 5.75 Å². The zero-order valence-electron chi connectivity index (χ0n) is 13.4. The molecule has 0 spiro atoms. The molecule has 0 unspecified atom stereocenters. The Balaban J connectivity index is 1.78. The number of halogens is 1. The van der Waals surface area contributed by atoms with Gasteiger partial charge < -0.3 is 14.2 Å². The van der Waals surface area contributed by atoms with E-state index in [0.717, 1.165) is 0 Å². The van der Waals surface area contributed by atoms with Gasteiger partial charge in [-0.1, -0.05) is 18.2 Å². The summed E-state index contributed by atoms with van der Waals surface area (Å²) in [5, 5.41) is 0. The first-order valence-corrected chi connectivity index (χ1v) is 9.37. The van der Waals surface area contributed by atoms with E-state index >= 15 is 0 Å². The minimum Gasteiger partial charge on any atom is -0.457 e. The SMILES string of the molecule is CC(C)(C)OC(=O)OCOc1ccc([I+]c2ccccc2)cc1. The summed E-state index contributed by atoms with van der Waals surface area (Å²) < 4.78 is 18.0. The molecule has 0 heterocycles. The Morgan fingerprint density at radius 2 is 1.57 bits per heavy atom. The van der Waals surface area contributed by atoms with Crippen molar-refractivity contribution in [1.82, 2.24) is 0 Å². The highest BCUT2D eigenvalue weighted by Gasteiger charge is 2.17. The first kappa shape index (κ1) is 17.6. The summed E-state index contributed by atoms with van der Waals surface area (Å²) in [5.41, 5.74) is -0.570.